The third-order valence-electron chi connectivity index (χ3n) is 4.37. The highest BCUT2D eigenvalue weighted by atomic mass is 16.6. The van der Waals surface area contributed by atoms with Crippen molar-refractivity contribution in [2.24, 2.45) is 0 Å². The first-order valence-electron chi connectivity index (χ1n) is 8.55. The van der Waals surface area contributed by atoms with E-state index in [9.17, 15) is 14.4 Å². The summed E-state index contributed by atoms with van der Waals surface area (Å²) in [6.07, 6.45) is -0.351. The number of anilines is 2. The smallest absolute Gasteiger partial charge is 0.419 e. The Balaban J connectivity index is 1.48. The van der Waals surface area contributed by atoms with Crippen molar-refractivity contribution in [3.05, 3.63) is 59.1 Å². The maximum Gasteiger partial charge on any atom is 0.419 e. The molecule has 27 heavy (non-hydrogen) atoms. The van der Waals surface area contributed by atoms with Crippen LogP contribution in [0, 0.1) is 0 Å². The number of fused-ring (bicyclic) bond motifs is 1. The van der Waals surface area contributed by atoms with E-state index >= 15 is 0 Å². The Morgan fingerprint density at radius 1 is 1.07 bits per heavy atom. The van der Waals surface area contributed by atoms with Gasteiger partial charge in [0.25, 0.3) is 0 Å². The summed E-state index contributed by atoms with van der Waals surface area (Å²) in [6, 6.07) is 14.1. The van der Waals surface area contributed by atoms with E-state index in [1.165, 1.54) is 9.47 Å². The predicted octanol–water partition coefficient (Wildman–Crippen LogP) is 2.58. The molecule has 1 aliphatic rings. The van der Waals surface area contributed by atoms with Gasteiger partial charge in [0.1, 0.15) is 6.61 Å². The van der Waals surface area contributed by atoms with Crippen LogP contribution in [-0.2, 0) is 16.1 Å². The van der Waals surface area contributed by atoms with E-state index < -0.39 is 11.8 Å². The number of aromatic nitrogens is 1. The van der Waals surface area contributed by atoms with Gasteiger partial charge in [0.05, 0.1) is 23.4 Å². The van der Waals surface area contributed by atoms with Crippen molar-refractivity contribution in [3.63, 3.8) is 0 Å². The first-order chi connectivity index (χ1) is 13.1. The minimum absolute atomic E-state index is 0.0855. The van der Waals surface area contributed by atoms with Crippen LogP contribution in [0.1, 0.15) is 6.42 Å². The molecule has 8 nitrogen and oxygen atoms in total. The number of cyclic esters (lactones) is 1. The summed E-state index contributed by atoms with van der Waals surface area (Å²) in [7, 11) is 0. The standard InChI is InChI=1S/C19H17N3O5/c23-17(9-10-21-15-7-3-4-8-16(15)27-19(21)25)20-13-5-1-2-6-14(13)22-11-12-26-18(22)24/h1-8H,9-12H2,(H,20,23). The number of hydrogen-bond acceptors (Lipinski definition) is 5. The van der Waals surface area contributed by atoms with Gasteiger partial charge >= 0.3 is 11.8 Å². The largest absolute Gasteiger partial charge is 0.447 e. The number of carbonyl (C=O) groups is 2. The number of benzene rings is 2. The van der Waals surface area contributed by atoms with Crippen molar-refractivity contribution in [1.82, 2.24) is 4.57 Å². The molecule has 1 aromatic heterocycles. The quantitative estimate of drug-likeness (QED) is 0.748. The molecular formula is C19H17N3O5. The van der Waals surface area contributed by atoms with Gasteiger partial charge in [-0.25, -0.2) is 9.59 Å². The summed E-state index contributed by atoms with van der Waals surface area (Å²) in [5.74, 6) is -0.767. The molecule has 0 aliphatic carbocycles. The Morgan fingerprint density at radius 3 is 2.67 bits per heavy atom. The molecule has 0 atom stereocenters. The fourth-order valence-corrected chi connectivity index (χ4v) is 3.08. The van der Waals surface area contributed by atoms with Crippen molar-refractivity contribution < 1.29 is 18.7 Å². The molecule has 0 saturated carbocycles. The van der Waals surface area contributed by atoms with Gasteiger partial charge in [0, 0.05) is 13.0 Å². The van der Waals surface area contributed by atoms with Crippen LogP contribution < -0.4 is 16.0 Å². The van der Waals surface area contributed by atoms with Gasteiger partial charge in [-0.15, -0.1) is 0 Å². The lowest BCUT2D eigenvalue weighted by Gasteiger charge is -2.17. The summed E-state index contributed by atoms with van der Waals surface area (Å²) in [5, 5.41) is 2.80. The number of oxazole rings is 1. The van der Waals surface area contributed by atoms with Crippen LogP contribution in [-0.4, -0.2) is 29.7 Å². The van der Waals surface area contributed by atoms with E-state index in [1.54, 1.807) is 48.5 Å². The molecule has 1 saturated heterocycles. The second kappa shape index (κ2) is 6.99. The third-order valence-corrected chi connectivity index (χ3v) is 4.37. The Kier molecular flexibility index (Phi) is 4.37. The summed E-state index contributed by atoms with van der Waals surface area (Å²) in [6.45, 7) is 0.940. The number of nitrogens with one attached hydrogen (secondary N) is 1. The number of rotatable bonds is 5. The summed E-state index contributed by atoms with van der Waals surface area (Å²) in [4.78, 5) is 37.7. The molecule has 2 heterocycles. The van der Waals surface area contributed by atoms with E-state index in [0.29, 0.717) is 35.6 Å². The molecule has 0 spiro atoms. The van der Waals surface area contributed by atoms with Crippen molar-refractivity contribution in [2.75, 3.05) is 23.4 Å². The number of hydrogen-bond donors (Lipinski definition) is 1. The molecule has 2 amide bonds. The lowest BCUT2D eigenvalue weighted by atomic mass is 10.2. The first kappa shape index (κ1) is 16.9. The van der Waals surface area contributed by atoms with Crippen LogP contribution in [0.5, 0.6) is 0 Å². The number of ether oxygens (including phenoxy) is 1. The number of carbonyl (C=O) groups excluding carboxylic acids is 2. The van der Waals surface area contributed by atoms with E-state index in [4.69, 9.17) is 9.15 Å². The third kappa shape index (κ3) is 3.29. The topological polar surface area (TPSA) is 93.8 Å². The van der Waals surface area contributed by atoms with Crippen molar-refractivity contribution in [1.29, 1.82) is 0 Å². The van der Waals surface area contributed by atoms with Crippen molar-refractivity contribution >= 4 is 34.5 Å². The van der Waals surface area contributed by atoms with Crippen LogP contribution in [0.25, 0.3) is 11.1 Å². The summed E-state index contributed by atoms with van der Waals surface area (Å²) < 4.78 is 11.6. The molecule has 1 aliphatic heterocycles. The fourth-order valence-electron chi connectivity index (χ4n) is 3.08. The lowest BCUT2D eigenvalue weighted by molar-refractivity contribution is -0.116. The van der Waals surface area contributed by atoms with Crippen molar-refractivity contribution in [2.45, 2.75) is 13.0 Å². The molecular weight excluding hydrogens is 350 g/mol. The molecule has 4 rings (SSSR count). The van der Waals surface area contributed by atoms with Crippen LogP contribution >= 0.6 is 0 Å². The highest BCUT2D eigenvalue weighted by Gasteiger charge is 2.25. The average Bonchev–Trinajstić information content (AvgIpc) is 3.23. The molecule has 1 fully saturated rings. The molecule has 0 radical (unpaired) electrons. The summed E-state index contributed by atoms with van der Waals surface area (Å²) in [5.41, 5.74) is 2.24. The van der Waals surface area contributed by atoms with E-state index in [2.05, 4.69) is 5.32 Å². The maximum absolute atomic E-state index is 12.4. The molecule has 0 unspecified atom stereocenters. The highest BCUT2D eigenvalue weighted by Crippen LogP contribution is 2.28. The number of nitrogens with zero attached hydrogens (tertiary/aromatic N) is 2. The van der Waals surface area contributed by atoms with Gasteiger partial charge in [0.2, 0.25) is 5.91 Å². The van der Waals surface area contributed by atoms with Crippen LogP contribution in [0.15, 0.2) is 57.7 Å². The average molecular weight is 367 g/mol. The molecule has 3 aromatic rings. The zero-order valence-electron chi connectivity index (χ0n) is 14.4. The fraction of sp³-hybridized carbons (Fsp3) is 0.211. The number of aryl methyl sites for hydroxylation is 1. The Hall–Kier alpha value is -3.55. The zero-order valence-corrected chi connectivity index (χ0v) is 14.4. The second-order valence-corrected chi connectivity index (χ2v) is 6.07. The normalized spacial score (nSPS) is 13.8. The lowest BCUT2D eigenvalue weighted by Crippen LogP contribution is -2.25. The molecule has 138 valence electrons. The van der Waals surface area contributed by atoms with Crippen molar-refractivity contribution in [3.8, 4) is 0 Å². The Labute approximate surface area is 153 Å². The zero-order chi connectivity index (χ0) is 18.8. The van der Waals surface area contributed by atoms with Gasteiger partial charge in [-0.1, -0.05) is 24.3 Å². The first-order valence-corrected chi connectivity index (χ1v) is 8.55. The van der Waals surface area contributed by atoms with E-state index in [1.807, 2.05) is 0 Å². The van der Waals surface area contributed by atoms with Crippen LogP contribution in [0.2, 0.25) is 0 Å². The molecule has 2 aromatic carbocycles. The van der Waals surface area contributed by atoms with E-state index in [-0.39, 0.29) is 18.9 Å². The van der Waals surface area contributed by atoms with E-state index in [0.717, 1.165) is 0 Å². The Bertz CT molecular complexity index is 1070. The van der Waals surface area contributed by atoms with Gasteiger partial charge in [0.15, 0.2) is 5.58 Å². The summed E-state index contributed by atoms with van der Waals surface area (Å²) >= 11 is 0. The van der Waals surface area contributed by atoms with Gasteiger partial charge in [-0.05, 0) is 24.3 Å². The second-order valence-electron chi connectivity index (χ2n) is 6.07. The SMILES string of the molecule is O=C(CCn1c(=O)oc2ccccc21)Nc1ccccc1N1CCOC1=O. The molecule has 1 N–H and O–H groups in total. The minimum Gasteiger partial charge on any atom is -0.447 e. The van der Waals surface area contributed by atoms with Gasteiger partial charge < -0.3 is 14.5 Å². The van der Waals surface area contributed by atoms with Gasteiger partial charge in [-0.3, -0.25) is 14.3 Å². The molecule has 0 bridgehead atoms. The maximum atomic E-state index is 12.4. The number of amides is 2. The molecule has 8 heteroatoms. The highest BCUT2D eigenvalue weighted by molar-refractivity contribution is 5.99. The number of para-hydroxylation sites is 4. The van der Waals surface area contributed by atoms with Crippen LogP contribution in [0.4, 0.5) is 16.2 Å². The monoisotopic (exact) mass is 367 g/mol. The predicted molar refractivity (Wildman–Crippen MR) is 98.9 cm³/mol. The Morgan fingerprint density at radius 2 is 1.85 bits per heavy atom. The van der Waals surface area contributed by atoms with Crippen LogP contribution in [0.3, 0.4) is 0 Å². The van der Waals surface area contributed by atoms with Gasteiger partial charge in [-0.2, -0.15) is 0 Å². The minimum atomic E-state index is -0.496.